The molecule has 0 fully saturated rings. The Kier molecular flexibility index (Phi) is 4.30. The van der Waals surface area contributed by atoms with Gasteiger partial charge in [-0.15, -0.1) is 0 Å². The van der Waals surface area contributed by atoms with Crippen LogP contribution in [0.1, 0.15) is 18.1 Å². The summed E-state index contributed by atoms with van der Waals surface area (Å²) in [6.45, 7) is 2.82. The summed E-state index contributed by atoms with van der Waals surface area (Å²) in [5.41, 5.74) is 0.856. The largest absolute Gasteiger partial charge is 0.384 e. The van der Waals surface area contributed by atoms with Gasteiger partial charge in [0.1, 0.15) is 5.82 Å². The lowest BCUT2D eigenvalue weighted by atomic mass is 9.96. The highest BCUT2D eigenvalue weighted by Gasteiger charge is 2.22. The molecule has 0 aliphatic rings. The first-order valence-corrected chi connectivity index (χ1v) is 6.31. The van der Waals surface area contributed by atoms with Crippen molar-refractivity contribution in [2.24, 2.45) is 0 Å². The quantitative estimate of drug-likeness (QED) is 0.865. The Balaban J connectivity index is 1.92. The van der Waals surface area contributed by atoms with Crippen molar-refractivity contribution < 1.29 is 9.50 Å². The number of rotatable bonds is 5. The van der Waals surface area contributed by atoms with Gasteiger partial charge < -0.3 is 10.4 Å². The summed E-state index contributed by atoms with van der Waals surface area (Å²) in [6, 6.07) is 15.9. The van der Waals surface area contributed by atoms with E-state index in [1.165, 1.54) is 12.1 Å². The van der Waals surface area contributed by atoms with Crippen LogP contribution in [0.15, 0.2) is 54.6 Å². The van der Waals surface area contributed by atoms with E-state index in [9.17, 15) is 9.50 Å². The molecule has 0 heterocycles. The minimum absolute atomic E-state index is 0.295. The summed E-state index contributed by atoms with van der Waals surface area (Å²) in [5.74, 6) is -0.295. The third-order valence-electron chi connectivity index (χ3n) is 3.11. The molecule has 0 bridgehead atoms. The second-order valence-corrected chi connectivity index (χ2v) is 4.87. The second kappa shape index (κ2) is 5.95. The van der Waals surface area contributed by atoms with E-state index in [4.69, 9.17) is 0 Å². The van der Waals surface area contributed by atoms with Crippen molar-refractivity contribution in [3.63, 3.8) is 0 Å². The first kappa shape index (κ1) is 13.7. The van der Waals surface area contributed by atoms with E-state index in [0.29, 0.717) is 18.7 Å². The number of halogens is 1. The molecule has 0 amide bonds. The Morgan fingerprint density at radius 3 is 2.32 bits per heavy atom. The lowest BCUT2D eigenvalue weighted by Gasteiger charge is -2.24. The van der Waals surface area contributed by atoms with E-state index < -0.39 is 5.60 Å². The standard InChI is InChI=1S/C16H18FNO/c1-16(19,14-7-9-15(17)10-8-14)12-18-11-13-5-3-2-4-6-13/h2-10,18-19H,11-12H2,1H3. The van der Waals surface area contributed by atoms with Crippen LogP contribution in [0.2, 0.25) is 0 Å². The van der Waals surface area contributed by atoms with Crippen molar-refractivity contribution in [1.82, 2.24) is 5.32 Å². The predicted molar refractivity (Wildman–Crippen MR) is 74.1 cm³/mol. The van der Waals surface area contributed by atoms with Gasteiger partial charge >= 0.3 is 0 Å². The second-order valence-electron chi connectivity index (χ2n) is 4.87. The van der Waals surface area contributed by atoms with Crippen molar-refractivity contribution in [2.75, 3.05) is 6.54 Å². The van der Waals surface area contributed by atoms with Gasteiger partial charge in [-0.2, -0.15) is 0 Å². The van der Waals surface area contributed by atoms with Gasteiger partial charge in [-0.1, -0.05) is 42.5 Å². The zero-order valence-electron chi connectivity index (χ0n) is 10.9. The fraction of sp³-hybridized carbons (Fsp3) is 0.250. The SMILES string of the molecule is CC(O)(CNCc1ccccc1)c1ccc(F)cc1. The molecule has 2 rings (SSSR count). The van der Waals surface area contributed by atoms with E-state index in [1.807, 2.05) is 30.3 Å². The van der Waals surface area contributed by atoms with Gasteiger partial charge in [-0.05, 0) is 30.2 Å². The number of aliphatic hydroxyl groups is 1. The van der Waals surface area contributed by atoms with Crippen LogP contribution in [0, 0.1) is 5.82 Å². The molecule has 100 valence electrons. The molecule has 2 aromatic rings. The summed E-state index contributed by atoms with van der Waals surface area (Å²) in [4.78, 5) is 0. The maximum Gasteiger partial charge on any atom is 0.123 e. The Morgan fingerprint density at radius 2 is 1.68 bits per heavy atom. The third-order valence-corrected chi connectivity index (χ3v) is 3.11. The van der Waals surface area contributed by atoms with Crippen LogP contribution < -0.4 is 5.32 Å². The molecule has 0 aromatic heterocycles. The molecule has 2 N–H and O–H groups in total. The molecular weight excluding hydrogens is 241 g/mol. The maximum absolute atomic E-state index is 12.9. The summed E-state index contributed by atoms with van der Waals surface area (Å²) < 4.78 is 12.9. The molecule has 2 nitrogen and oxygen atoms in total. The third kappa shape index (κ3) is 3.88. The summed E-state index contributed by atoms with van der Waals surface area (Å²) in [5, 5.41) is 13.6. The first-order chi connectivity index (χ1) is 9.08. The van der Waals surface area contributed by atoms with Crippen LogP contribution in [0.5, 0.6) is 0 Å². The fourth-order valence-corrected chi connectivity index (χ4v) is 1.96. The lowest BCUT2D eigenvalue weighted by molar-refractivity contribution is 0.0566. The molecule has 1 atom stereocenters. The van der Waals surface area contributed by atoms with Crippen molar-refractivity contribution in [1.29, 1.82) is 0 Å². The van der Waals surface area contributed by atoms with E-state index >= 15 is 0 Å². The molecule has 0 saturated heterocycles. The highest BCUT2D eigenvalue weighted by molar-refractivity contribution is 5.23. The van der Waals surface area contributed by atoms with Crippen LogP contribution in [0.4, 0.5) is 4.39 Å². The van der Waals surface area contributed by atoms with E-state index in [2.05, 4.69) is 5.32 Å². The van der Waals surface area contributed by atoms with Gasteiger partial charge in [0.25, 0.3) is 0 Å². The summed E-state index contributed by atoms with van der Waals surface area (Å²) in [6.07, 6.45) is 0. The van der Waals surface area contributed by atoms with Crippen LogP contribution in [0.3, 0.4) is 0 Å². The molecule has 1 unspecified atom stereocenters. The average Bonchev–Trinajstić information content (AvgIpc) is 2.40. The van der Waals surface area contributed by atoms with Crippen molar-refractivity contribution in [3.8, 4) is 0 Å². The Bertz CT molecular complexity index is 508. The minimum atomic E-state index is -1.01. The molecule has 0 aliphatic heterocycles. The van der Waals surface area contributed by atoms with Gasteiger partial charge in [0.2, 0.25) is 0 Å². The number of nitrogens with one attached hydrogen (secondary N) is 1. The molecule has 0 aliphatic carbocycles. The Labute approximate surface area is 112 Å². The van der Waals surface area contributed by atoms with E-state index in [1.54, 1.807) is 19.1 Å². The van der Waals surface area contributed by atoms with Crippen LogP contribution >= 0.6 is 0 Å². The Morgan fingerprint density at radius 1 is 1.05 bits per heavy atom. The predicted octanol–water partition coefficient (Wildman–Crippen LogP) is 2.82. The minimum Gasteiger partial charge on any atom is -0.384 e. The number of hydrogen-bond acceptors (Lipinski definition) is 2. The van der Waals surface area contributed by atoms with Crippen molar-refractivity contribution in [3.05, 3.63) is 71.5 Å². The van der Waals surface area contributed by atoms with Crippen LogP contribution in [-0.2, 0) is 12.1 Å². The van der Waals surface area contributed by atoms with Crippen molar-refractivity contribution >= 4 is 0 Å². The normalized spacial score (nSPS) is 14.1. The monoisotopic (exact) mass is 259 g/mol. The Hall–Kier alpha value is -1.71. The number of hydrogen-bond donors (Lipinski definition) is 2. The van der Waals surface area contributed by atoms with Crippen LogP contribution in [0.25, 0.3) is 0 Å². The molecular formula is C16H18FNO. The first-order valence-electron chi connectivity index (χ1n) is 6.31. The zero-order chi connectivity index (χ0) is 13.7. The highest BCUT2D eigenvalue weighted by atomic mass is 19.1. The van der Waals surface area contributed by atoms with E-state index in [-0.39, 0.29) is 5.82 Å². The summed E-state index contributed by atoms with van der Waals surface area (Å²) >= 11 is 0. The van der Waals surface area contributed by atoms with Crippen molar-refractivity contribution in [2.45, 2.75) is 19.1 Å². The topological polar surface area (TPSA) is 32.3 Å². The average molecular weight is 259 g/mol. The lowest BCUT2D eigenvalue weighted by Crippen LogP contribution is -2.35. The van der Waals surface area contributed by atoms with Gasteiger partial charge in [-0.3, -0.25) is 0 Å². The highest BCUT2D eigenvalue weighted by Crippen LogP contribution is 2.20. The zero-order valence-corrected chi connectivity index (χ0v) is 10.9. The maximum atomic E-state index is 12.9. The molecule has 0 spiro atoms. The van der Waals surface area contributed by atoms with E-state index in [0.717, 1.165) is 5.56 Å². The molecule has 0 radical (unpaired) electrons. The molecule has 2 aromatic carbocycles. The molecule has 19 heavy (non-hydrogen) atoms. The smallest absolute Gasteiger partial charge is 0.123 e. The summed E-state index contributed by atoms with van der Waals surface area (Å²) in [7, 11) is 0. The van der Waals surface area contributed by atoms with Crippen LogP contribution in [-0.4, -0.2) is 11.7 Å². The van der Waals surface area contributed by atoms with Gasteiger partial charge in [-0.25, -0.2) is 4.39 Å². The molecule has 3 heteroatoms. The van der Waals surface area contributed by atoms with Gasteiger partial charge in [0.05, 0.1) is 5.60 Å². The fourth-order valence-electron chi connectivity index (χ4n) is 1.96. The van der Waals surface area contributed by atoms with Gasteiger partial charge in [0.15, 0.2) is 0 Å². The molecule has 0 saturated carbocycles. The number of benzene rings is 2. The van der Waals surface area contributed by atoms with Gasteiger partial charge in [0, 0.05) is 13.1 Å².